The number of piperidine rings is 1. The molecule has 0 aliphatic carbocycles. The zero-order valence-electron chi connectivity index (χ0n) is 16.4. The van der Waals surface area contributed by atoms with Crippen molar-refractivity contribution in [2.75, 3.05) is 13.1 Å². The van der Waals surface area contributed by atoms with E-state index < -0.39 is 0 Å². The van der Waals surface area contributed by atoms with Crippen molar-refractivity contribution in [1.29, 1.82) is 0 Å². The summed E-state index contributed by atoms with van der Waals surface area (Å²) in [5.41, 5.74) is 4.51. The first-order chi connectivity index (χ1) is 14.7. The van der Waals surface area contributed by atoms with Gasteiger partial charge in [0.1, 0.15) is 5.82 Å². The Morgan fingerprint density at radius 1 is 1.07 bits per heavy atom. The molecule has 1 saturated heterocycles. The number of hydroxylamine groups is 1. The molecular formula is C24H22FN3O2. The van der Waals surface area contributed by atoms with Crippen LogP contribution in [0.4, 0.5) is 4.39 Å². The minimum atomic E-state index is -0.345. The molecule has 0 saturated carbocycles. The smallest absolute Gasteiger partial charge is 0.253 e. The van der Waals surface area contributed by atoms with E-state index in [-0.39, 0.29) is 23.9 Å². The first-order valence-corrected chi connectivity index (χ1v) is 10.2. The van der Waals surface area contributed by atoms with Gasteiger partial charge in [0.25, 0.3) is 5.91 Å². The van der Waals surface area contributed by atoms with E-state index in [1.165, 1.54) is 24.3 Å². The minimum absolute atomic E-state index is 0.0797. The Morgan fingerprint density at radius 2 is 1.87 bits per heavy atom. The minimum Gasteiger partial charge on any atom is -0.338 e. The lowest BCUT2D eigenvalue weighted by molar-refractivity contribution is -0.0191. The number of hydrogen-bond donors (Lipinski definition) is 1. The number of halogens is 1. The van der Waals surface area contributed by atoms with Gasteiger partial charge in [0.2, 0.25) is 0 Å². The second kappa shape index (κ2) is 7.88. The van der Waals surface area contributed by atoms with E-state index in [1.807, 2.05) is 29.2 Å². The van der Waals surface area contributed by atoms with Crippen LogP contribution in [-0.2, 0) is 4.84 Å². The number of amides is 1. The highest BCUT2D eigenvalue weighted by Gasteiger charge is 2.34. The van der Waals surface area contributed by atoms with Gasteiger partial charge in [0, 0.05) is 30.1 Å². The molecule has 152 valence electrons. The number of likely N-dealkylation sites (tertiary alicyclic amines) is 1. The molecule has 2 aliphatic heterocycles. The van der Waals surface area contributed by atoms with Crippen molar-refractivity contribution < 1.29 is 14.0 Å². The van der Waals surface area contributed by atoms with Gasteiger partial charge >= 0.3 is 0 Å². The fraction of sp³-hybridized carbons (Fsp3) is 0.250. The maximum Gasteiger partial charge on any atom is 0.253 e. The lowest BCUT2D eigenvalue weighted by Gasteiger charge is -2.34. The third-order valence-electron chi connectivity index (χ3n) is 5.82. The first kappa shape index (κ1) is 18.8. The monoisotopic (exact) mass is 403 g/mol. The molecule has 0 spiro atoms. The van der Waals surface area contributed by atoms with Gasteiger partial charge in [-0.1, -0.05) is 42.5 Å². The standard InChI is InChI=1S/C24H22FN3O2/c25-19-12-10-17(11-13-19)24(29)28-14-4-7-18(15-28)23-26-22(27-30-23)21-9-3-6-16-5-1-2-8-20(16)21/h1-3,5-6,8-13,18,23H,4,7,14-15H2,(H,26,27)/t18-,23?/m0/s1. The molecule has 5 rings (SSSR count). The number of amidine groups is 1. The van der Waals surface area contributed by atoms with Gasteiger partial charge in [0.05, 0.1) is 0 Å². The third-order valence-corrected chi connectivity index (χ3v) is 5.82. The molecular weight excluding hydrogens is 381 g/mol. The van der Waals surface area contributed by atoms with E-state index in [2.05, 4.69) is 23.7 Å². The number of hydrogen-bond acceptors (Lipinski definition) is 4. The predicted octanol–water partition coefficient (Wildman–Crippen LogP) is 4.14. The van der Waals surface area contributed by atoms with Crippen LogP contribution in [0.5, 0.6) is 0 Å². The summed E-state index contributed by atoms with van der Waals surface area (Å²) in [7, 11) is 0. The highest BCUT2D eigenvalue weighted by Crippen LogP contribution is 2.27. The summed E-state index contributed by atoms with van der Waals surface area (Å²) in [6.07, 6.45) is 1.48. The number of carbonyl (C=O) groups is 1. The van der Waals surface area contributed by atoms with Gasteiger partial charge in [-0.3, -0.25) is 4.79 Å². The Hall–Kier alpha value is -3.25. The lowest BCUT2D eigenvalue weighted by atomic mass is 9.95. The van der Waals surface area contributed by atoms with Crippen molar-refractivity contribution in [3.8, 4) is 0 Å². The van der Waals surface area contributed by atoms with Crippen LogP contribution >= 0.6 is 0 Å². The Labute approximate surface area is 174 Å². The molecule has 1 unspecified atom stereocenters. The average Bonchev–Trinajstić information content (AvgIpc) is 3.29. The summed E-state index contributed by atoms with van der Waals surface area (Å²) >= 11 is 0. The van der Waals surface area contributed by atoms with E-state index in [0.717, 1.165) is 35.0 Å². The number of rotatable bonds is 3. The molecule has 5 nitrogen and oxygen atoms in total. The highest BCUT2D eigenvalue weighted by atomic mass is 19.1. The molecule has 6 heteroatoms. The molecule has 0 bridgehead atoms. The molecule has 3 aromatic carbocycles. The number of fused-ring (bicyclic) bond motifs is 1. The third kappa shape index (κ3) is 3.55. The second-order valence-corrected chi connectivity index (χ2v) is 7.78. The van der Waals surface area contributed by atoms with Crippen molar-refractivity contribution in [2.24, 2.45) is 10.9 Å². The normalized spacial score (nSPS) is 21.4. The van der Waals surface area contributed by atoms with Gasteiger partial charge in [0.15, 0.2) is 12.1 Å². The molecule has 2 atom stereocenters. The van der Waals surface area contributed by atoms with Crippen molar-refractivity contribution in [3.05, 3.63) is 83.7 Å². The van der Waals surface area contributed by atoms with E-state index in [9.17, 15) is 9.18 Å². The molecule has 1 N–H and O–H groups in total. The van der Waals surface area contributed by atoms with E-state index in [1.54, 1.807) is 0 Å². The van der Waals surface area contributed by atoms with Crippen LogP contribution in [0, 0.1) is 11.7 Å². The Kier molecular flexibility index (Phi) is 4.93. The molecule has 3 aromatic rings. The molecule has 0 aromatic heterocycles. The molecule has 30 heavy (non-hydrogen) atoms. The lowest BCUT2D eigenvalue weighted by Crippen LogP contribution is -2.43. The molecule has 2 heterocycles. The number of nitrogens with zero attached hydrogens (tertiary/aromatic N) is 2. The van der Waals surface area contributed by atoms with E-state index in [0.29, 0.717) is 18.7 Å². The van der Waals surface area contributed by atoms with Crippen molar-refractivity contribution in [1.82, 2.24) is 10.4 Å². The zero-order valence-corrected chi connectivity index (χ0v) is 16.4. The Morgan fingerprint density at radius 3 is 2.73 bits per heavy atom. The van der Waals surface area contributed by atoms with Crippen LogP contribution in [0.2, 0.25) is 0 Å². The summed E-state index contributed by atoms with van der Waals surface area (Å²) in [4.78, 5) is 25.3. The van der Waals surface area contributed by atoms with Crippen LogP contribution < -0.4 is 5.48 Å². The summed E-state index contributed by atoms with van der Waals surface area (Å²) in [5, 5.41) is 2.27. The Bertz CT molecular complexity index is 1110. The van der Waals surface area contributed by atoms with Gasteiger partial charge in [-0.25, -0.2) is 19.7 Å². The fourth-order valence-electron chi connectivity index (χ4n) is 4.26. The van der Waals surface area contributed by atoms with Crippen LogP contribution in [0.15, 0.2) is 71.7 Å². The summed E-state index contributed by atoms with van der Waals surface area (Å²) in [5.74, 6) is 0.398. The Balaban J connectivity index is 1.34. The maximum absolute atomic E-state index is 13.2. The molecule has 1 fully saturated rings. The summed E-state index contributed by atoms with van der Waals surface area (Å²) in [6.45, 7) is 1.25. The molecule has 2 aliphatic rings. The number of benzene rings is 3. The van der Waals surface area contributed by atoms with E-state index >= 15 is 0 Å². The van der Waals surface area contributed by atoms with Gasteiger partial charge in [-0.2, -0.15) is 0 Å². The zero-order chi connectivity index (χ0) is 20.5. The van der Waals surface area contributed by atoms with Gasteiger partial charge in [-0.15, -0.1) is 0 Å². The van der Waals surface area contributed by atoms with Crippen molar-refractivity contribution >= 4 is 22.5 Å². The van der Waals surface area contributed by atoms with Crippen molar-refractivity contribution in [2.45, 2.75) is 19.1 Å². The summed E-state index contributed by atoms with van der Waals surface area (Å²) < 4.78 is 13.2. The quantitative estimate of drug-likeness (QED) is 0.715. The van der Waals surface area contributed by atoms with Gasteiger partial charge < -0.3 is 4.90 Å². The average molecular weight is 403 g/mol. The summed E-state index contributed by atoms with van der Waals surface area (Å²) in [6, 6.07) is 20.0. The SMILES string of the molecule is O=C(c1ccc(F)cc1)N1CCC[C@H](C2N=C(c3cccc4ccccc34)NO2)C1. The fourth-order valence-corrected chi connectivity index (χ4v) is 4.26. The van der Waals surface area contributed by atoms with Crippen LogP contribution in [0.25, 0.3) is 10.8 Å². The van der Waals surface area contributed by atoms with Crippen molar-refractivity contribution in [3.63, 3.8) is 0 Å². The van der Waals surface area contributed by atoms with Gasteiger partial charge in [-0.05, 0) is 47.9 Å². The van der Waals surface area contributed by atoms with E-state index in [4.69, 9.17) is 9.83 Å². The van der Waals surface area contributed by atoms with Crippen LogP contribution in [0.1, 0.15) is 28.8 Å². The molecule has 0 radical (unpaired) electrons. The molecule has 1 amide bonds. The largest absolute Gasteiger partial charge is 0.338 e. The number of nitrogens with one attached hydrogen (secondary N) is 1. The number of carbonyl (C=O) groups excluding carboxylic acids is 1. The van der Waals surface area contributed by atoms with Crippen LogP contribution in [-0.4, -0.2) is 36.0 Å². The maximum atomic E-state index is 13.2. The first-order valence-electron chi connectivity index (χ1n) is 10.2. The second-order valence-electron chi connectivity index (χ2n) is 7.78. The highest BCUT2D eigenvalue weighted by molar-refractivity contribution is 6.09. The van der Waals surface area contributed by atoms with Crippen LogP contribution in [0.3, 0.4) is 0 Å². The topological polar surface area (TPSA) is 53.9 Å². The predicted molar refractivity (Wildman–Crippen MR) is 114 cm³/mol. The number of aliphatic imine (C=N–C) groups is 1.